The first-order valence-corrected chi connectivity index (χ1v) is 22.3. The van der Waals surface area contributed by atoms with Gasteiger partial charge in [-0.1, -0.05) is 38.0 Å². The van der Waals surface area contributed by atoms with Crippen LogP contribution in [0.5, 0.6) is 0 Å². The van der Waals surface area contributed by atoms with Crippen molar-refractivity contribution in [1.29, 1.82) is 0 Å². The highest BCUT2D eigenvalue weighted by Crippen LogP contribution is 2.39. The van der Waals surface area contributed by atoms with Gasteiger partial charge in [-0.25, -0.2) is 19.3 Å². The minimum Gasteiger partial charge on any atom is -0.384 e. The normalized spacial score (nSPS) is 19.9. The molecule has 0 spiro atoms. The van der Waals surface area contributed by atoms with Crippen LogP contribution in [0.1, 0.15) is 90.3 Å². The van der Waals surface area contributed by atoms with Gasteiger partial charge in [0.1, 0.15) is 17.0 Å². The molecule has 4 N–H and O–H groups in total. The number of rotatable bonds is 16. The van der Waals surface area contributed by atoms with E-state index in [1.165, 1.54) is 10.9 Å². The third kappa shape index (κ3) is 8.05. The zero-order valence-corrected chi connectivity index (χ0v) is 36.0. The highest BCUT2D eigenvalue weighted by atomic mass is 16.3. The Hall–Kier alpha value is -6.72. The lowest BCUT2D eigenvalue weighted by atomic mass is 9.98. The number of benzene rings is 2. The molecule has 2 saturated heterocycles. The van der Waals surface area contributed by atoms with Crippen molar-refractivity contribution in [2.24, 2.45) is 0 Å². The maximum Gasteiger partial charge on any atom is 0.278 e. The number of carbonyl (C=O) groups is 4. The van der Waals surface area contributed by atoms with Crippen LogP contribution in [0.3, 0.4) is 0 Å². The van der Waals surface area contributed by atoms with Gasteiger partial charge in [0, 0.05) is 62.4 Å². The summed E-state index contributed by atoms with van der Waals surface area (Å²) in [5, 5.41) is 20.5. The Labute approximate surface area is 370 Å². The molecule has 332 valence electrons. The van der Waals surface area contributed by atoms with Crippen molar-refractivity contribution in [3.63, 3.8) is 0 Å². The van der Waals surface area contributed by atoms with Gasteiger partial charge in [-0.2, -0.15) is 4.98 Å². The highest BCUT2D eigenvalue weighted by molar-refractivity contribution is 6.25. The summed E-state index contributed by atoms with van der Waals surface area (Å²) in [7, 11) is 0. The lowest BCUT2D eigenvalue weighted by molar-refractivity contribution is -0.136. The van der Waals surface area contributed by atoms with E-state index in [1.54, 1.807) is 29.0 Å². The van der Waals surface area contributed by atoms with Crippen molar-refractivity contribution in [2.45, 2.75) is 82.9 Å². The molecule has 5 aromatic rings. The number of nitrogens with one attached hydrogen (secondary N) is 3. The van der Waals surface area contributed by atoms with E-state index >= 15 is 0 Å². The van der Waals surface area contributed by atoms with E-state index in [4.69, 9.17) is 9.97 Å². The predicted molar refractivity (Wildman–Crippen MR) is 242 cm³/mol. The van der Waals surface area contributed by atoms with Crippen LogP contribution in [0.2, 0.25) is 0 Å². The summed E-state index contributed by atoms with van der Waals surface area (Å²) in [6.07, 6.45) is 9.42. The van der Waals surface area contributed by atoms with Gasteiger partial charge in [0.05, 0.1) is 23.4 Å². The number of allylic oxidation sites excluding steroid dienone is 1. The average Bonchev–Trinajstić information content (AvgIpc) is 3.88. The Morgan fingerprint density at radius 3 is 2.48 bits per heavy atom. The van der Waals surface area contributed by atoms with E-state index in [0.717, 1.165) is 86.7 Å². The largest absolute Gasteiger partial charge is 0.384 e. The number of fused-ring (bicyclic) bond motifs is 3. The molecule has 2 aromatic carbocycles. The standard InChI is InChI=1S/C47H53N11O6/c1-3-23-56-43(61)34-29-49-46(53-41(34)58(56)37-18-12-30-20-21-47(64,4-2)40(30)51-37)50-31-13-15-32(16-14-31)55-27-25-54(26-28-55)24-8-6-5-7-22-48-35-11-9-10-33-39(35)45(63)57(44(33)62)36-17-19-38(59)52-42(36)60/h3,9-16,18,29,36,48,64H,1,4-8,17,19-28H2,2H3,(H,49,50,53)(H,52,59,60)/t36?,47-/m1/s1. The summed E-state index contributed by atoms with van der Waals surface area (Å²) in [6, 6.07) is 16.2. The molecule has 3 aliphatic heterocycles. The number of pyridine rings is 1. The van der Waals surface area contributed by atoms with Gasteiger partial charge in [-0.05, 0) is 93.1 Å². The van der Waals surface area contributed by atoms with Gasteiger partial charge in [0.25, 0.3) is 17.4 Å². The Balaban J connectivity index is 0.738. The van der Waals surface area contributed by atoms with Crippen LogP contribution < -0.4 is 26.4 Å². The Bertz CT molecular complexity index is 2700. The summed E-state index contributed by atoms with van der Waals surface area (Å²) in [4.78, 5) is 84.2. The van der Waals surface area contributed by atoms with Gasteiger partial charge in [-0.3, -0.25) is 39.1 Å². The summed E-state index contributed by atoms with van der Waals surface area (Å²) >= 11 is 0. The molecule has 0 radical (unpaired) electrons. The number of aryl methyl sites for hydroxylation is 1. The van der Waals surface area contributed by atoms with Crippen molar-refractivity contribution in [3.05, 3.63) is 106 Å². The lowest BCUT2D eigenvalue weighted by Crippen LogP contribution is -2.54. The molecule has 2 fully saturated rings. The van der Waals surface area contributed by atoms with E-state index in [-0.39, 0.29) is 36.1 Å². The second-order valence-corrected chi connectivity index (χ2v) is 17.0. The number of piperidine rings is 1. The summed E-state index contributed by atoms with van der Waals surface area (Å²) in [5.41, 5.74) is 3.92. The van der Waals surface area contributed by atoms with Gasteiger partial charge in [0.15, 0.2) is 11.5 Å². The molecule has 6 heterocycles. The van der Waals surface area contributed by atoms with Crippen LogP contribution >= 0.6 is 0 Å². The molecular formula is C47H53N11O6. The smallest absolute Gasteiger partial charge is 0.278 e. The predicted octanol–water partition coefficient (Wildman–Crippen LogP) is 4.65. The Morgan fingerprint density at radius 2 is 1.72 bits per heavy atom. The van der Waals surface area contributed by atoms with Crippen LogP contribution in [0.15, 0.2) is 78.2 Å². The third-order valence-electron chi connectivity index (χ3n) is 13.0. The second-order valence-electron chi connectivity index (χ2n) is 17.0. The minimum atomic E-state index is -1.00. The van der Waals surface area contributed by atoms with Crippen LogP contribution in [0.4, 0.5) is 23.0 Å². The van der Waals surface area contributed by atoms with Gasteiger partial charge in [-0.15, -0.1) is 6.58 Å². The van der Waals surface area contributed by atoms with Gasteiger partial charge < -0.3 is 20.6 Å². The molecule has 4 amide bonds. The molecule has 0 bridgehead atoms. The van der Waals surface area contributed by atoms with Gasteiger partial charge in [0.2, 0.25) is 17.8 Å². The van der Waals surface area contributed by atoms with E-state index in [2.05, 4.69) is 49.4 Å². The van der Waals surface area contributed by atoms with Crippen molar-refractivity contribution in [3.8, 4) is 5.82 Å². The SMILES string of the molecule is C=CCn1c(=O)c2cnc(Nc3ccc(N4CCN(CCCCCCNc5cccc6c5C(=O)N(C5CCC(=O)NC5=O)C6=O)CC4)cc3)nc2n1-c1ccc2c(n1)[C@@](O)(CC)CC2. The number of unbranched alkanes of at least 4 members (excludes halogenated alkanes) is 3. The molecule has 1 unspecified atom stereocenters. The molecule has 64 heavy (non-hydrogen) atoms. The number of amides is 4. The zero-order chi connectivity index (χ0) is 44.5. The quantitative estimate of drug-likeness (QED) is 0.0608. The molecular weight excluding hydrogens is 815 g/mol. The Kier molecular flexibility index (Phi) is 11.8. The summed E-state index contributed by atoms with van der Waals surface area (Å²) in [5.74, 6) is -1.18. The van der Waals surface area contributed by atoms with Crippen LogP contribution in [0.25, 0.3) is 16.9 Å². The number of aliphatic hydroxyl groups is 1. The minimum absolute atomic E-state index is 0.0841. The zero-order valence-electron chi connectivity index (χ0n) is 36.0. The fourth-order valence-electron chi connectivity index (χ4n) is 9.43. The van der Waals surface area contributed by atoms with E-state index in [0.29, 0.717) is 53.6 Å². The summed E-state index contributed by atoms with van der Waals surface area (Å²) < 4.78 is 3.23. The van der Waals surface area contributed by atoms with Gasteiger partial charge >= 0.3 is 0 Å². The first kappa shape index (κ1) is 42.6. The molecule has 2 atom stereocenters. The molecule has 4 aliphatic rings. The van der Waals surface area contributed by atoms with Crippen LogP contribution in [0, 0.1) is 0 Å². The number of anilines is 4. The van der Waals surface area contributed by atoms with E-state index < -0.39 is 35.3 Å². The van der Waals surface area contributed by atoms with Crippen molar-refractivity contribution >= 4 is 57.7 Å². The number of hydrogen-bond acceptors (Lipinski definition) is 13. The fraction of sp³-hybridized carbons (Fsp3) is 0.404. The topological polar surface area (TPSA) is 200 Å². The number of carbonyl (C=O) groups excluding carboxylic acids is 4. The number of piperazine rings is 1. The van der Waals surface area contributed by atoms with Crippen molar-refractivity contribution in [1.82, 2.24) is 39.4 Å². The average molecular weight is 868 g/mol. The molecule has 9 rings (SSSR count). The van der Waals surface area contributed by atoms with Crippen LogP contribution in [-0.2, 0) is 28.2 Å². The molecule has 3 aromatic heterocycles. The van der Waals surface area contributed by atoms with Crippen molar-refractivity contribution in [2.75, 3.05) is 54.8 Å². The number of hydrogen-bond donors (Lipinski definition) is 4. The highest BCUT2D eigenvalue weighted by Gasteiger charge is 2.45. The maximum absolute atomic E-state index is 13.5. The molecule has 17 heteroatoms. The molecule has 1 aliphatic carbocycles. The maximum atomic E-state index is 13.5. The van der Waals surface area contributed by atoms with Crippen molar-refractivity contribution < 1.29 is 24.3 Å². The van der Waals surface area contributed by atoms with E-state index in [9.17, 15) is 29.1 Å². The first-order chi connectivity index (χ1) is 31.1. The first-order valence-electron chi connectivity index (χ1n) is 22.3. The summed E-state index contributed by atoms with van der Waals surface area (Å²) in [6.45, 7) is 11.5. The fourth-order valence-corrected chi connectivity index (χ4v) is 9.43. The number of imide groups is 2. The monoisotopic (exact) mass is 867 g/mol. The number of aromatic nitrogens is 5. The Morgan fingerprint density at radius 1 is 0.922 bits per heavy atom. The van der Waals surface area contributed by atoms with E-state index in [1.807, 2.05) is 31.2 Å². The third-order valence-corrected chi connectivity index (χ3v) is 13.0. The molecule has 17 nitrogen and oxygen atoms in total. The molecule has 0 saturated carbocycles. The number of nitrogens with zero attached hydrogens (tertiary/aromatic N) is 8. The van der Waals surface area contributed by atoms with Crippen LogP contribution in [-0.4, -0.2) is 108 Å². The second kappa shape index (κ2) is 17.8. The lowest BCUT2D eigenvalue weighted by Gasteiger charge is -2.36.